The summed E-state index contributed by atoms with van der Waals surface area (Å²) in [5.41, 5.74) is -1.86. The number of hydrogen-bond acceptors (Lipinski definition) is 2. The normalized spacial score (nSPS) is 14.7. The molecule has 2 N–H and O–H groups in total. The molecular weight excluding hydrogens is 223 g/mol. The van der Waals surface area contributed by atoms with Crippen LogP contribution in [0.5, 0.6) is 0 Å². The molecule has 0 heterocycles. The number of aliphatic carboxylic acids is 1. The summed E-state index contributed by atoms with van der Waals surface area (Å²) in [6, 6.07) is 3.88. The Morgan fingerprint density at radius 3 is 2.67 bits per heavy atom. The first-order valence-electron chi connectivity index (χ1n) is 4.22. The highest BCUT2D eigenvalue weighted by molar-refractivity contribution is 6.30. The zero-order chi connectivity index (χ0) is 11.6. The minimum absolute atomic E-state index is 0.117. The van der Waals surface area contributed by atoms with Crippen molar-refractivity contribution in [2.75, 3.05) is 0 Å². The summed E-state index contributed by atoms with van der Waals surface area (Å²) in [5, 5.41) is 18.3. The lowest BCUT2D eigenvalue weighted by Gasteiger charge is -2.18. The van der Waals surface area contributed by atoms with Gasteiger partial charge in [0.2, 0.25) is 0 Å². The highest BCUT2D eigenvalue weighted by atomic mass is 35.5. The third kappa shape index (κ3) is 2.91. The lowest BCUT2D eigenvalue weighted by atomic mass is 9.96. The molecule has 3 nitrogen and oxygen atoms in total. The number of rotatable bonds is 3. The Labute approximate surface area is 91.1 Å². The molecule has 0 aliphatic carbocycles. The first-order chi connectivity index (χ1) is 6.83. The molecule has 0 spiro atoms. The number of carbonyl (C=O) groups is 1. The molecule has 0 saturated carbocycles. The third-order valence-corrected chi connectivity index (χ3v) is 2.25. The van der Waals surface area contributed by atoms with E-state index in [0.717, 1.165) is 13.0 Å². The monoisotopic (exact) mass is 232 g/mol. The summed E-state index contributed by atoms with van der Waals surface area (Å²) in [6.45, 7) is 1.11. The molecular formula is C10H10ClFO3. The Balaban J connectivity index is 2.95. The molecule has 0 fully saturated rings. The van der Waals surface area contributed by atoms with E-state index >= 15 is 0 Å². The second kappa shape index (κ2) is 4.16. The van der Waals surface area contributed by atoms with Crippen molar-refractivity contribution in [3.05, 3.63) is 34.6 Å². The Hall–Kier alpha value is -1.13. The summed E-state index contributed by atoms with van der Waals surface area (Å²) in [5.74, 6) is -2.01. The van der Waals surface area contributed by atoms with Crippen molar-refractivity contribution in [1.82, 2.24) is 0 Å². The Morgan fingerprint density at radius 1 is 1.60 bits per heavy atom. The first kappa shape index (κ1) is 11.9. The van der Waals surface area contributed by atoms with Crippen molar-refractivity contribution in [3.8, 4) is 0 Å². The predicted octanol–water partition coefficient (Wildman–Crippen LogP) is 1.86. The smallest absolute Gasteiger partial charge is 0.335 e. The molecule has 0 amide bonds. The van der Waals surface area contributed by atoms with E-state index in [2.05, 4.69) is 0 Å². The van der Waals surface area contributed by atoms with Gasteiger partial charge < -0.3 is 10.2 Å². The molecule has 5 heteroatoms. The number of benzene rings is 1. The fourth-order valence-corrected chi connectivity index (χ4v) is 1.27. The second-order valence-electron chi connectivity index (χ2n) is 3.49. The van der Waals surface area contributed by atoms with Gasteiger partial charge in [-0.05, 0) is 24.6 Å². The van der Waals surface area contributed by atoms with Gasteiger partial charge in [-0.2, -0.15) is 0 Å². The molecule has 0 aliphatic rings. The van der Waals surface area contributed by atoms with E-state index in [1.54, 1.807) is 0 Å². The fourth-order valence-electron chi connectivity index (χ4n) is 1.11. The lowest BCUT2D eigenvalue weighted by molar-refractivity contribution is -0.156. The van der Waals surface area contributed by atoms with Gasteiger partial charge in [0.05, 0.1) is 0 Å². The Morgan fingerprint density at radius 2 is 2.20 bits per heavy atom. The molecule has 0 saturated heterocycles. The predicted molar refractivity (Wildman–Crippen MR) is 53.4 cm³/mol. The Kier molecular flexibility index (Phi) is 3.31. The summed E-state index contributed by atoms with van der Waals surface area (Å²) < 4.78 is 13.3. The average molecular weight is 233 g/mol. The van der Waals surface area contributed by atoms with E-state index in [-0.39, 0.29) is 17.0 Å². The van der Waals surface area contributed by atoms with Gasteiger partial charge in [0.1, 0.15) is 5.82 Å². The van der Waals surface area contributed by atoms with Crippen molar-refractivity contribution in [3.63, 3.8) is 0 Å². The highest BCUT2D eigenvalue weighted by Crippen LogP contribution is 2.19. The maximum Gasteiger partial charge on any atom is 0.335 e. The molecule has 15 heavy (non-hydrogen) atoms. The van der Waals surface area contributed by atoms with Crippen molar-refractivity contribution in [2.45, 2.75) is 18.9 Å². The standard InChI is InChI=1S/C10H10ClFO3/c1-10(15,9(13)14)5-6-2-3-7(11)4-8(6)12/h2-4,15H,5H2,1H3,(H,13,14). The van der Waals surface area contributed by atoms with Gasteiger partial charge in [0.25, 0.3) is 0 Å². The van der Waals surface area contributed by atoms with Crippen LogP contribution in [0, 0.1) is 5.82 Å². The van der Waals surface area contributed by atoms with Crippen LogP contribution in [0.25, 0.3) is 0 Å². The molecule has 1 rings (SSSR count). The van der Waals surface area contributed by atoms with Crippen LogP contribution in [0.1, 0.15) is 12.5 Å². The van der Waals surface area contributed by atoms with Gasteiger partial charge in [-0.1, -0.05) is 17.7 Å². The molecule has 82 valence electrons. The summed E-state index contributed by atoms with van der Waals surface area (Å²) in [7, 11) is 0. The maximum absolute atomic E-state index is 13.3. The minimum atomic E-state index is -1.98. The SMILES string of the molecule is CC(O)(Cc1ccc(Cl)cc1F)C(=O)O. The molecule has 0 bridgehead atoms. The van der Waals surface area contributed by atoms with Crippen LogP contribution in [0.4, 0.5) is 4.39 Å². The van der Waals surface area contributed by atoms with Gasteiger partial charge >= 0.3 is 5.97 Å². The van der Waals surface area contributed by atoms with E-state index in [9.17, 15) is 14.3 Å². The van der Waals surface area contributed by atoms with Gasteiger partial charge in [-0.15, -0.1) is 0 Å². The van der Waals surface area contributed by atoms with E-state index < -0.39 is 17.4 Å². The van der Waals surface area contributed by atoms with Crippen LogP contribution in [0.15, 0.2) is 18.2 Å². The van der Waals surface area contributed by atoms with Crippen molar-refractivity contribution in [2.24, 2.45) is 0 Å². The number of halogens is 2. The summed E-state index contributed by atoms with van der Waals surface area (Å²) in [4.78, 5) is 10.6. The Bertz CT molecular complexity index is 390. The van der Waals surface area contributed by atoms with Crippen LogP contribution in [-0.4, -0.2) is 21.8 Å². The van der Waals surface area contributed by atoms with Crippen molar-refractivity contribution >= 4 is 17.6 Å². The number of carboxylic acids is 1. The van der Waals surface area contributed by atoms with Gasteiger partial charge in [0.15, 0.2) is 5.60 Å². The zero-order valence-electron chi connectivity index (χ0n) is 8.00. The van der Waals surface area contributed by atoms with Gasteiger partial charge in [0, 0.05) is 11.4 Å². The summed E-state index contributed by atoms with van der Waals surface area (Å²) in [6.07, 6.45) is -0.300. The molecule has 1 aromatic rings. The molecule has 1 aromatic carbocycles. The van der Waals surface area contributed by atoms with Gasteiger partial charge in [-0.25, -0.2) is 9.18 Å². The average Bonchev–Trinajstić information content (AvgIpc) is 2.09. The minimum Gasteiger partial charge on any atom is -0.479 e. The fraction of sp³-hybridized carbons (Fsp3) is 0.300. The van der Waals surface area contributed by atoms with Gasteiger partial charge in [-0.3, -0.25) is 0 Å². The first-order valence-corrected chi connectivity index (χ1v) is 4.60. The number of hydrogen-bond donors (Lipinski definition) is 2. The van der Waals surface area contributed by atoms with Crippen LogP contribution < -0.4 is 0 Å². The zero-order valence-corrected chi connectivity index (χ0v) is 8.75. The third-order valence-electron chi connectivity index (χ3n) is 2.01. The van der Waals surface area contributed by atoms with E-state index in [1.165, 1.54) is 12.1 Å². The molecule has 0 aromatic heterocycles. The van der Waals surface area contributed by atoms with Crippen LogP contribution >= 0.6 is 11.6 Å². The maximum atomic E-state index is 13.3. The lowest BCUT2D eigenvalue weighted by Crippen LogP contribution is -2.37. The number of carboxylic acid groups (broad SMARTS) is 1. The number of aliphatic hydroxyl groups is 1. The molecule has 0 aliphatic heterocycles. The van der Waals surface area contributed by atoms with Crippen LogP contribution in [0.2, 0.25) is 5.02 Å². The van der Waals surface area contributed by atoms with Crippen LogP contribution in [-0.2, 0) is 11.2 Å². The van der Waals surface area contributed by atoms with Crippen LogP contribution in [0.3, 0.4) is 0 Å². The van der Waals surface area contributed by atoms with Crippen molar-refractivity contribution < 1.29 is 19.4 Å². The molecule has 1 unspecified atom stereocenters. The van der Waals surface area contributed by atoms with E-state index in [4.69, 9.17) is 16.7 Å². The quantitative estimate of drug-likeness (QED) is 0.836. The highest BCUT2D eigenvalue weighted by Gasteiger charge is 2.31. The van der Waals surface area contributed by atoms with E-state index in [1.807, 2.05) is 0 Å². The molecule has 0 radical (unpaired) electrons. The van der Waals surface area contributed by atoms with Crippen molar-refractivity contribution in [1.29, 1.82) is 0 Å². The van der Waals surface area contributed by atoms with E-state index in [0.29, 0.717) is 0 Å². The summed E-state index contributed by atoms with van der Waals surface area (Å²) >= 11 is 5.53. The topological polar surface area (TPSA) is 57.5 Å². The largest absolute Gasteiger partial charge is 0.479 e. The molecule has 1 atom stereocenters. The second-order valence-corrected chi connectivity index (χ2v) is 3.93.